The van der Waals surface area contributed by atoms with E-state index in [9.17, 15) is 9.59 Å². The van der Waals surface area contributed by atoms with E-state index in [-0.39, 0.29) is 5.91 Å². The summed E-state index contributed by atoms with van der Waals surface area (Å²) < 4.78 is 4.77. The average molecular weight is 318 g/mol. The molecule has 0 aliphatic heterocycles. The number of halogens is 1. The fourth-order valence-corrected chi connectivity index (χ4v) is 2.15. The third-order valence-corrected chi connectivity index (χ3v) is 3.43. The molecule has 0 aliphatic rings. The quantitative estimate of drug-likeness (QED) is 0.863. The maximum atomic E-state index is 12.2. The van der Waals surface area contributed by atoms with Crippen molar-refractivity contribution < 1.29 is 14.3 Å². The zero-order valence-corrected chi connectivity index (χ0v) is 12.8. The van der Waals surface area contributed by atoms with E-state index >= 15 is 0 Å². The molecule has 0 aromatic heterocycles. The molecule has 0 saturated heterocycles. The van der Waals surface area contributed by atoms with Crippen molar-refractivity contribution >= 4 is 23.5 Å². The highest BCUT2D eigenvalue weighted by atomic mass is 35.5. The van der Waals surface area contributed by atoms with Gasteiger partial charge in [-0.25, -0.2) is 4.79 Å². The summed E-state index contributed by atoms with van der Waals surface area (Å²) in [5, 5.41) is 3.32. The number of ether oxygens (including phenoxy) is 1. The van der Waals surface area contributed by atoms with E-state index < -0.39 is 12.0 Å². The number of methoxy groups -OCH3 is 1. The molecule has 2 aromatic rings. The molecule has 0 radical (unpaired) electrons. The molecule has 0 unspecified atom stereocenters. The van der Waals surface area contributed by atoms with Gasteiger partial charge in [-0.05, 0) is 29.8 Å². The molecule has 1 atom stereocenters. The minimum atomic E-state index is -0.751. The predicted octanol–water partition coefficient (Wildman–Crippen LogP) is 2.85. The van der Waals surface area contributed by atoms with Crippen LogP contribution in [-0.4, -0.2) is 25.0 Å². The Morgan fingerprint density at radius 3 is 2.32 bits per heavy atom. The number of esters is 1. The number of carbonyl (C=O) groups is 2. The maximum Gasteiger partial charge on any atom is 0.328 e. The molecule has 114 valence electrons. The van der Waals surface area contributed by atoms with Crippen LogP contribution in [0.3, 0.4) is 0 Å². The lowest BCUT2D eigenvalue weighted by Gasteiger charge is -2.16. The summed E-state index contributed by atoms with van der Waals surface area (Å²) in [5.41, 5.74) is 1.38. The van der Waals surface area contributed by atoms with Crippen molar-refractivity contribution in [2.45, 2.75) is 12.5 Å². The maximum absolute atomic E-state index is 12.2. The molecule has 1 amide bonds. The van der Waals surface area contributed by atoms with Gasteiger partial charge in [-0.3, -0.25) is 4.79 Å². The molecule has 1 N–H and O–H groups in total. The second-order valence-electron chi connectivity index (χ2n) is 4.75. The summed E-state index contributed by atoms with van der Waals surface area (Å²) in [6.45, 7) is 0. The number of hydrogen-bond acceptors (Lipinski definition) is 3. The first-order valence-corrected chi connectivity index (χ1v) is 7.16. The minimum Gasteiger partial charge on any atom is -0.467 e. The van der Waals surface area contributed by atoms with Crippen molar-refractivity contribution in [3.63, 3.8) is 0 Å². The molecular weight excluding hydrogens is 302 g/mol. The number of nitrogens with one attached hydrogen (secondary N) is 1. The Morgan fingerprint density at radius 1 is 1.09 bits per heavy atom. The Balaban J connectivity index is 2.11. The first kappa shape index (κ1) is 16.0. The van der Waals surface area contributed by atoms with Gasteiger partial charge >= 0.3 is 5.97 Å². The summed E-state index contributed by atoms with van der Waals surface area (Å²) in [6, 6.07) is 15.1. The van der Waals surface area contributed by atoms with Crippen LogP contribution in [0.15, 0.2) is 54.6 Å². The molecule has 0 spiro atoms. The Bertz CT molecular complexity index is 641. The molecule has 0 aliphatic carbocycles. The average Bonchev–Trinajstić information content (AvgIpc) is 2.56. The largest absolute Gasteiger partial charge is 0.467 e. The molecule has 2 aromatic carbocycles. The Hall–Kier alpha value is -2.33. The Labute approximate surface area is 134 Å². The van der Waals surface area contributed by atoms with Crippen molar-refractivity contribution in [1.82, 2.24) is 5.32 Å². The lowest BCUT2D eigenvalue weighted by Crippen LogP contribution is -2.43. The zero-order valence-electron chi connectivity index (χ0n) is 12.1. The molecule has 2 rings (SSSR count). The van der Waals surface area contributed by atoms with E-state index in [0.717, 1.165) is 5.56 Å². The molecule has 4 nitrogen and oxygen atoms in total. The molecule has 22 heavy (non-hydrogen) atoms. The van der Waals surface area contributed by atoms with Crippen LogP contribution < -0.4 is 5.32 Å². The number of hydrogen-bond donors (Lipinski definition) is 1. The van der Waals surface area contributed by atoms with Crippen LogP contribution in [0, 0.1) is 0 Å². The van der Waals surface area contributed by atoms with Gasteiger partial charge in [0.2, 0.25) is 0 Å². The highest BCUT2D eigenvalue weighted by Gasteiger charge is 2.22. The highest BCUT2D eigenvalue weighted by molar-refractivity contribution is 6.30. The second kappa shape index (κ2) is 7.61. The van der Waals surface area contributed by atoms with Gasteiger partial charge in [-0.15, -0.1) is 0 Å². The lowest BCUT2D eigenvalue weighted by molar-refractivity contribution is -0.142. The van der Waals surface area contributed by atoms with Gasteiger partial charge in [0.25, 0.3) is 5.91 Å². The van der Waals surface area contributed by atoms with Gasteiger partial charge < -0.3 is 10.1 Å². The van der Waals surface area contributed by atoms with E-state index in [1.54, 1.807) is 36.4 Å². The topological polar surface area (TPSA) is 55.4 Å². The summed E-state index contributed by atoms with van der Waals surface area (Å²) in [7, 11) is 1.30. The summed E-state index contributed by atoms with van der Waals surface area (Å²) in [4.78, 5) is 24.1. The van der Waals surface area contributed by atoms with Crippen LogP contribution in [0.1, 0.15) is 15.9 Å². The standard InChI is InChI=1S/C17H16ClNO3/c1-22-17(21)15(11-12-7-9-14(18)10-8-12)19-16(20)13-5-3-2-4-6-13/h2-10,15H,11H2,1H3,(H,19,20)/t15-/m0/s1. The third-order valence-electron chi connectivity index (χ3n) is 3.18. The fourth-order valence-electron chi connectivity index (χ4n) is 2.02. The van der Waals surface area contributed by atoms with E-state index in [1.165, 1.54) is 7.11 Å². The molecule has 0 heterocycles. The number of amides is 1. The van der Waals surface area contributed by atoms with Crippen molar-refractivity contribution in [3.8, 4) is 0 Å². The van der Waals surface area contributed by atoms with Crippen molar-refractivity contribution in [3.05, 3.63) is 70.7 Å². The predicted molar refractivity (Wildman–Crippen MR) is 84.9 cm³/mol. The molecule has 5 heteroatoms. The zero-order chi connectivity index (χ0) is 15.9. The van der Waals surface area contributed by atoms with Crippen LogP contribution in [0.2, 0.25) is 5.02 Å². The fraction of sp³-hybridized carbons (Fsp3) is 0.176. The number of carbonyl (C=O) groups excluding carboxylic acids is 2. The minimum absolute atomic E-state index is 0.315. The van der Waals surface area contributed by atoms with Crippen LogP contribution in [-0.2, 0) is 16.0 Å². The van der Waals surface area contributed by atoms with E-state index in [0.29, 0.717) is 17.0 Å². The molecular formula is C17H16ClNO3. The van der Waals surface area contributed by atoms with Crippen LogP contribution >= 0.6 is 11.6 Å². The van der Waals surface area contributed by atoms with E-state index in [2.05, 4.69) is 5.32 Å². The van der Waals surface area contributed by atoms with Crippen molar-refractivity contribution in [2.75, 3.05) is 7.11 Å². The SMILES string of the molecule is COC(=O)[C@H](Cc1ccc(Cl)cc1)NC(=O)c1ccccc1. The van der Waals surface area contributed by atoms with Gasteiger partial charge in [0.05, 0.1) is 7.11 Å². The monoisotopic (exact) mass is 317 g/mol. The van der Waals surface area contributed by atoms with Gasteiger partial charge in [-0.2, -0.15) is 0 Å². The van der Waals surface area contributed by atoms with Crippen molar-refractivity contribution in [2.24, 2.45) is 0 Å². The second-order valence-corrected chi connectivity index (χ2v) is 5.18. The highest BCUT2D eigenvalue weighted by Crippen LogP contribution is 2.12. The smallest absolute Gasteiger partial charge is 0.328 e. The molecule has 0 bridgehead atoms. The van der Waals surface area contributed by atoms with Crippen LogP contribution in [0.4, 0.5) is 0 Å². The van der Waals surface area contributed by atoms with Crippen LogP contribution in [0.5, 0.6) is 0 Å². The third kappa shape index (κ3) is 4.33. The van der Waals surface area contributed by atoms with Gasteiger partial charge in [0, 0.05) is 17.0 Å². The van der Waals surface area contributed by atoms with E-state index in [4.69, 9.17) is 16.3 Å². The van der Waals surface area contributed by atoms with Gasteiger partial charge in [0.15, 0.2) is 0 Å². The van der Waals surface area contributed by atoms with Gasteiger partial charge in [-0.1, -0.05) is 41.9 Å². The lowest BCUT2D eigenvalue weighted by atomic mass is 10.1. The van der Waals surface area contributed by atoms with E-state index in [1.807, 2.05) is 18.2 Å². The molecule has 0 saturated carbocycles. The summed E-state index contributed by atoms with van der Waals surface area (Å²) in [5.74, 6) is -0.802. The normalized spacial score (nSPS) is 11.5. The summed E-state index contributed by atoms with van der Waals surface area (Å²) in [6.07, 6.45) is 0.336. The summed E-state index contributed by atoms with van der Waals surface area (Å²) >= 11 is 5.84. The Kier molecular flexibility index (Phi) is 5.55. The van der Waals surface area contributed by atoms with Gasteiger partial charge in [0.1, 0.15) is 6.04 Å². The number of rotatable bonds is 5. The van der Waals surface area contributed by atoms with Crippen LogP contribution in [0.25, 0.3) is 0 Å². The first-order chi connectivity index (χ1) is 10.6. The van der Waals surface area contributed by atoms with Crippen molar-refractivity contribution in [1.29, 1.82) is 0 Å². The molecule has 0 fully saturated rings. The first-order valence-electron chi connectivity index (χ1n) is 6.78. The number of benzene rings is 2. The Morgan fingerprint density at radius 2 is 1.73 bits per heavy atom.